The van der Waals surface area contributed by atoms with E-state index >= 15 is 0 Å². The summed E-state index contributed by atoms with van der Waals surface area (Å²) in [7, 11) is 0. The highest BCUT2D eigenvalue weighted by Crippen LogP contribution is 2.28. The number of fused-ring (bicyclic) bond motifs is 1. The fraction of sp³-hybridized carbons (Fsp3) is 0.438. The van der Waals surface area contributed by atoms with Crippen molar-refractivity contribution in [2.75, 3.05) is 0 Å². The molecule has 1 atom stereocenters. The van der Waals surface area contributed by atoms with Gasteiger partial charge in [-0.05, 0) is 39.3 Å². The van der Waals surface area contributed by atoms with Crippen LogP contribution >= 0.6 is 11.3 Å². The van der Waals surface area contributed by atoms with Gasteiger partial charge in [0.15, 0.2) is 0 Å². The van der Waals surface area contributed by atoms with Crippen molar-refractivity contribution in [1.29, 1.82) is 0 Å². The Morgan fingerprint density at radius 2 is 2.04 bits per heavy atom. The van der Waals surface area contributed by atoms with E-state index in [1.807, 2.05) is 24.3 Å². The van der Waals surface area contributed by atoms with Gasteiger partial charge in [-0.15, -0.1) is 11.3 Å². The fourth-order valence-corrected chi connectivity index (χ4v) is 3.09. The van der Waals surface area contributed by atoms with Crippen molar-refractivity contribution in [1.82, 2.24) is 10.3 Å². The first-order valence-corrected chi connectivity index (χ1v) is 8.19. The molecule has 6 nitrogen and oxygen atoms in total. The molecular formula is C16H21N3O3S. The number of nitrogens with zero attached hydrogens (tertiary/aromatic N) is 1. The molecule has 0 aliphatic carbocycles. The number of nitrogens with two attached hydrogens (primary N) is 1. The lowest BCUT2D eigenvalue weighted by Gasteiger charge is -2.22. The molecule has 2 aromatic rings. The Labute approximate surface area is 139 Å². The molecular weight excluding hydrogens is 314 g/mol. The van der Waals surface area contributed by atoms with E-state index in [-0.39, 0.29) is 6.42 Å². The zero-order chi connectivity index (χ0) is 17.0. The van der Waals surface area contributed by atoms with Crippen molar-refractivity contribution in [2.24, 2.45) is 5.73 Å². The second kappa shape index (κ2) is 6.95. The normalized spacial score (nSPS) is 12.8. The van der Waals surface area contributed by atoms with Crippen LogP contribution in [0.4, 0.5) is 4.79 Å². The van der Waals surface area contributed by atoms with E-state index < -0.39 is 23.6 Å². The molecule has 0 spiro atoms. The second-order valence-corrected chi connectivity index (χ2v) is 7.29. The van der Waals surface area contributed by atoms with Gasteiger partial charge in [-0.1, -0.05) is 12.1 Å². The van der Waals surface area contributed by atoms with E-state index in [1.54, 1.807) is 20.8 Å². The average molecular weight is 335 g/mol. The maximum atomic E-state index is 12.0. The minimum absolute atomic E-state index is 0.163. The monoisotopic (exact) mass is 335 g/mol. The quantitative estimate of drug-likeness (QED) is 0.877. The van der Waals surface area contributed by atoms with Gasteiger partial charge in [-0.25, -0.2) is 9.78 Å². The lowest BCUT2D eigenvalue weighted by molar-refractivity contribution is -0.118. The lowest BCUT2D eigenvalue weighted by Crippen LogP contribution is -2.35. The molecule has 0 radical (unpaired) electrons. The summed E-state index contributed by atoms with van der Waals surface area (Å²) >= 11 is 1.48. The van der Waals surface area contributed by atoms with E-state index in [1.165, 1.54) is 11.3 Å². The van der Waals surface area contributed by atoms with Crippen LogP contribution in [0.1, 0.15) is 44.7 Å². The van der Waals surface area contributed by atoms with E-state index in [4.69, 9.17) is 10.5 Å². The number of thiazole rings is 1. The number of benzene rings is 1. The summed E-state index contributed by atoms with van der Waals surface area (Å²) in [6, 6.07) is 7.31. The largest absolute Gasteiger partial charge is 0.444 e. The Kier molecular flexibility index (Phi) is 5.20. The third-order valence-electron chi connectivity index (χ3n) is 2.98. The predicted octanol–water partition coefficient (Wildman–Crippen LogP) is 3.13. The number of carbonyl (C=O) groups is 2. The summed E-state index contributed by atoms with van der Waals surface area (Å²) in [5.41, 5.74) is 5.50. The maximum Gasteiger partial charge on any atom is 0.408 e. The Morgan fingerprint density at radius 3 is 2.65 bits per heavy atom. The van der Waals surface area contributed by atoms with Gasteiger partial charge in [0, 0.05) is 6.42 Å². The van der Waals surface area contributed by atoms with Gasteiger partial charge in [-0.3, -0.25) is 4.79 Å². The smallest absolute Gasteiger partial charge is 0.408 e. The van der Waals surface area contributed by atoms with Crippen LogP contribution in [0.25, 0.3) is 10.2 Å². The number of ether oxygens (including phenoxy) is 1. The first kappa shape index (κ1) is 17.2. The summed E-state index contributed by atoms with van der Waals surface area (Å²) in [5, 5.41) is 3.52. The number of para-hydroxylation sites is 1. The highest BCUT2D eigenvalue weighted by Gasteiger charge is 2.23. The molecule has 0 saturated carbocycles. The third-order valence-corrected chi connectivity index (χ3v) is 4.13. The Hall–Kier alpha value is -2.15. The molecule has 2 amide bonds. The van der Waals surface area contributed by atoms with Gasteiger partial charge < -0.3 is 15.8 Å². The van der Waals surface area contributed by atoms with Gasteiger partial charge in [0.2, 0.25) is 5.91 Å². The number of amides is 2. The van der Waals surface area contributed by atoms with Crippen molar-refractivity contribution in [2.45, 2.75) is 45.3 Å². The molecule has 0 saturated heterocycles. The fourth-order valence-electron chi connectivity index (χ4n) is 2.03. The van der Waals surface area contributed by atoms with Gasteiger partial charge in [0.25, 0.3) is 0 Å². The minimum atomic E-state index is -0.591. The summed E-state index contributed by atoms with van der Waals surface area (Å²) in [5.74, 6) is -0.415. The number of aromatic nitrogens is 1. The van der Waals surface area contributed by atoms with Crippen LogP contribution in [-0.4, -0.2) is 22.6 Å². The van der Waals surface area contributed by atoms with Crippen LogP contribution in [0.5, 0.6) is 0 Å². The number of primary amides is 1. The van der Waals surface area contributed by atoms with Crippen LogP contribution in [0, 0.1) is 0 Å². The lowest BCUT2D eigenvalue weighted by atomic mass is 10.1. The van der Waals surface area contributed by atoms with Gasteiger partial charge in [0.1, 0.15) is 10.6 Å². The molecule has 3 N–H and O–H groups in total. The minimum Gasteiger partial charge on any atom is -0.444 e. The van der Waals surface area contributed by atoms with E-state index in [9.17, 15) is 9.59 Å². The molecule has 0 aliphatic heterocycles. The standard InChI is InChI=1S/C16H21N3O3S/c1-16(2,3)22-15(21)19-11(8-9-13(17)20)14-18-10-6-4-5-7-12(10)23-14/h4-7,11H,8-9H2,1-3H3,(H2,17,20)(H,19,21). The topological polar surface area (TPSA) is 94.3 Å². The van der Waals surface area contributed by atoms with Crippen LogP contribution in [-0.2, 0) is 9.53 Å². The van der Waals surface area contributed by atoms with Crippen LogP contribution in [0.3, 0.4) is 0 Å². The second-order valence-electron chi connectivity index (χ2n) is 6.22. The summed E-state index contributed by atoms with van der Waals surface area (Å²) in [6.45, 7) is 5.38. The summed E-state index contributed by atoms with van der Waals surface area (Å²) < 4.78 is 6.31. The van der Waals surface area contributed by atoms with Crippen molar-refractivity contribution in [3.63, 3.8) is 0 Å². The number of alkyl carbamates (subject to hydrolysis) is 1. The van der Waals surface area contributed by atoms with E-state index in [2.05, 4.69) is 10.3 Å². The predicted molar refractivity (Wildman–Crippen MR) is 90.2 cm³/mol. The van der Waals surface area contributed by atoms with E-state index in [0.29, 0.717) is 6.42 Å². The van der Waals surface area contributed by atoms with Crippen LogP contribution in [0.15, 0.2) is 24.3 Å². The Balaban J connectivity index is 2.19. The number of hydrogen-bond acceptors (Lipinski definition) is 5. The molecule has 7 heteroatoms. The molecule has 0 aliphatic rings. The molecule has 23 heavy (non-hydrogen) atoms. The highest BCUT2D eigenvalue weighted by molar-refractivity contribution is 7.18. The van der Waals surface area contributed by atoms with Crippen LogP contribution in [0.2, 0.25) is 0 Å². The first-order valence-electron chi connectivity index (χ1n) is 7.38. The molecule has 0 bridgehead atoms. The van der Waals surface area contributed by atoms with E-state index in [0.717, 1.165) is 15.2 Å². The molecule has 2 rings (SSSR count). The number of rotatable bonds is 5. The summed E-state index contributed by atoms with van der Waals surface area (Å²) in [4.78, 5) is 27.6. The molecule has 0 fully saturated rings. The highest BCUT2D eigenvalue weighted by atomic mass is 32.1. The number of hydrogen-bond donors (Lipinski definition) is 2. The third kappa shape index (κ3) is 5.21. The molecule has 1 aromatic carbocycles. The van der Waals surface area contributed by atoms with Crippen molar-refractivity contribution in [3.05, 3.63) is 29.3 Å². The molecule has 1 unspecified atom stereocenters. The van der Waals surface area contributed by atoms with Crippen LogP contribution < -0.4 is 11.1 Å². The SMILES string of the molecule is CC(C)(C)OC(=O)NC(CCC(N)=O)c1nc2ccccc2s1. The summed E-state index contributed by atoms with van der Waals surface area (Å²) in [6.07, 6.45) is 0.0105. The molecule has 124 valence electrons. The first-order chi connectivity index (χ1) is 10.7. The molecule has 1 heterocycles. The number of carbonyl (C=O) groups excluding carboxylic acids is 2. The van der Waals surface area contributed by atoms with Gasteiger partial charge >= 0.3 is 6.09 Å². The van der Waals surface area contributed by atoms with Gasteiger partial charge in [0.05, 0.1) is 16.3 Å². The Bertz CT molecular complexity index is 673. The average Bonchev–Trinajstić information content (AvgIpc) is 2.84. The van der Waals surface area contributed by atoms with Gasteiger partial charge in [-0.2, -0.15) is 0 Å². The van der Waals surface area contributed by atoms with Crippen molar-refractivity contribution >= 4 is 33.6 Å². The van der Waals surface area contributed by atoms with Crippen molar-refractivity contribution < 1.29 is 14.3 Å². The zero-order valence-corrected chi connectivity index (χ0v) is 14.3. The Morgan fingerprint density at radius 1 is 1.35 bits per heavy atom. The number of nitrogens with one attached hydrogen (secondary N) is 1. The maximum absolute atomic E-state index is 12.0. The zero-order valence-electron chi connectivity index (χ0n) is 13.5. The van der Waals surface area contributed by atoms with Crippen molar-refractivity contribution in [3.8, 4) is 0 Å². The molecule has 1 aromatic heterocycles.